The van der Waals surface area contributed by atoms with Gasteiger partial charge in [0, 0.05) is 23.4 Å². The topological polar surface area (TPSA) is 49.9 Å². The second-order valence-corrected chi connectivity index (χ2v) is 9.25. The molecule has 2 amide bonds. The molecule has 152 valence electrons. The Morgan fingerprint density at radius 1 is 1.10 bits per heavy atom. The van der Waals surface area contributed by atoms with Crippen molar-refractivity contribution in [2.24, 2.45) is 5.92 Å². The Kier molecular flexibility index (Phi) is 5.04. The molecule has 0 unspecified atom stereocenters. The van der Waals surface area contributed by atoms with Gasteiger partial charge in [0.05, 0.1) is 6.04 Å². The molecule has 2 saturated carbocycles. The van der Waals surface area contributed by atoms with Crippen LogP contribution in [-0.2, 0) is 16.0 Å². The van der Waals surface area contributed by atoms with E-state index in [-0.39, 0.29) is 36.4 Å². The number of fused-ring (bicyclic) bond motifs is 1. The molecule has 5 rings (SSSR count). The molecule has 2 heterocycles. The fourth-order valence-electron chi connectivity index (χ4n) is 4.14. The predicted molar refractivity (Wildman–Crippen MR) is 112 cm³/mol. The van der Waals surface area contributed by atoms with Crippen LogP contribution in [0.25, 0.3) is 0 Å². The van der Waals surface area contributed by atoms with Gasteiger partial charge in [-0.15, -0.1) is 11.3 Å². The van der Waals surface area contributed by atoms with E-state index in [9.17, 15) is 9.59 Å². The average molecular weight is 411 g/mol. The average Bonchev–Trinajstić information content (AvgIpc) is 3.67. The maximum Gasteiger partial charge on any atom is 0.242 e. The van der Waals surface area contributed by atoms with Crippen molar-refractivity contribution in [3.8, 4) is 5.75 Å². The third kappa shape index (κ3) is 4.04. The van der Waals surface area contributed by atoms with E-state index in [0.717, 1.165) is 37.9 Å². The van der Waals surface area contributed by atoms with Gasteiger partial charge in [-0.25, -0.2) is 0 Å². The summed E-state index contributed by atoms with van der Waals surface area (Å²) < 4.78 is 6.04. The lowest BCUT2D eigenvalue weighted by Gasteiger charge is -2.37. The molecule has 29 heavy (non-hydrogen) atoms. The molecule has 1 aliphatic heterocycles. The van der Waals surface area contributed by atoms with Crippen molar-refractivity contribution in [3.05, 3.63) is 52.2 Å². The summed E-state index contributed by atoms with van der Waals surface area (Å²) in [6.07, 6.45) is 4.89. The second kappa shape index (κ2) is 7.82. The van der Waals surface area contributed by atoms with Crippen molar-refractivity contribution in [1.82, 2.24) is 9.80 Å². The number of ether oxygens (including phenoxy) is 1. The van der Waals surface area contributed by atoms with Gasteiger partial charge < -0.3 is 14.5 Å². The number of benzene rings is 1. The van der Waals surface area contributed by atoms with E-state index >= 15 is 0 Å². The lowest BCUT2D eigenvalue weighted by molar-refractivity contribution is -0.143. The molecular weight excluding hydrogens is 384 g/mol. The monoisotopic (exact) mass is 410 g/mol. The Labute approximate surface area is 175 Å². The highest BCUT2D eigenvalue weighted by Gasteiger charge is 2.42. The minimum atomic E-state index is -0.102. The quantitative estimate of drug-likeness (QED) is 0.700. The molecule has 2 aliphatic carbocycles. The molecule has 1 atom stereocenters. The number of carbonyl (C=O) groups excluding carboxylic acids is 2. The van der Waals surface area contributed by atoms with Crippen molar-refractivity contribution in [3.63, 3.8) is 0 Å². The molecule has 6 heteroatoms. The fraction of sp³-hybridized carbons (Fsp3) is 0.478. The lowest BCUT2D eigenvalue weighted by atomic mass is 10.0. The first kappa shape index (κ1) is 18.7. The van der Waals surface area contributed by atoms with E-state index in [1.165, 1.54) is 10.4 Å². The van der Waals surface area contributed by atoms with Crippen molar-refractivity contribution in [1.29, 1.82) is 0 Å². The minimum absolute atomic E-state index is 0.0458. The Hall–Kier alpha value is -2.34. The standard InChI is InChI=1S/C23H26N2O3S/c26-22(14-25(17-8-9-17)23(27)16-6-7-16)24-12-10-21-19(11-13-29-21)20(24)15-28-18-4-2-1-3-5-18/h1-5,11,13,16-17,20H,6-10,12,14-15H2/t20-/m0/s1. The first-order chi connectivity index (χ1) is 14.2. The van der Waals surface area contributed by atoms with Gasteiger partial charge in [-0.05, 0) is 61.2 Å². The summed E-state index contributed by atoms with van der Waals surface area (Å²) in [5.74, 6) is 1.20. The largest absolute Gasteiger partial charge is 0.491 e. The summed E-state index contributed by atoms with van der Waals surface area (Å²) in [6, 6.07) is 12.0. The minimum Gasteiger partial charge on any atom is -0.491 e. The summed E-state index contributed by atoms with van der Waals surface area (Å²) in [5.41, 5.74) is 1.19. The van der Waals surface area contributed by atoms with E-state index in [1.54, 1.807) is 11.3 Å². The molecule has 3 aliphatic rings. The molecule has 0 radical (unpaired) electrons. The van der Waals surface area contributed by atoms with Crippen LogP contribution in [-0.4, -0.2) is 47.4 Å². The normalized spacial score (nSPS) is 20.8. The predicted octanol–water partition coefficient (Wildman–Crippen LogP) is 3.65. The number of hydrogen-bond donors (Lipinski definition) is 0. The summed E-state index contributed by atoms with van der Waals surface area (Å²) >= 11 is 1.75. The van der Waals surface area contributed by atoms with Gasteiger partial charge in [0.1, 0.15) is 18.9 Å². The smallest absolute Gasteiger partial charge is 0.242 e. The van der Waals surface area contributed by atoms with Gasteiger partial charge in [-0.2, -0.15) is 0 Å². The summed E-state index contributed by atoms with van der Waals surface area (Å²) in [5, 5.41) is 2.10. The van der Waals surface area contributed by atoms with Gasteiger partial charge in [0.25, 0.3) is 0 Å². The molecular formula is C23H26N2O3S. The Morgan fingerprint density at radius 3 is 2.62 bits per heavy atom. The zero-order valence-corrected chi connectivity index (χ0v) is 17.3. The molecule has 1 aromatic carbocycles. The van der Waals surface area contributed by atoms with Crippen LogP contribution < -0.4 is 4.74 Å². The number of carbonyl (C=O) groups is 2. The van der Waals surface area contributed by atoms with Crippen molar-refractivity contribution < 1.29 is 14.3 Å². The van der Waals surface area contributed by atoms with Crippen LogP contribution in [0.4, 0.5) is 0 Å². The molecule has 0 N–H and O–H groups in total. The maximum atomic E-state index is 13.3. The highest BCUT2D eigenvalue weighted by molar-refractivity contribution is 7.10. The highest BCUT2D eigenvalue weighted by atomic mass is 32.1. The van der Waals surface area contributed by atoms with Gasteiger partial charge in [0.2, 0.25) is 11.8 Å². The number of hydrogen-bond acceptors (Lipinski definition) is 4. The molecule has 1 aromatic heterocycles. The third-order valence-corrected chi connectivity index (χ3v) is 7.07. The fourth-order valence-corrected chi connectivity index (χ4v) is 5.07. The molecule has 0 bridgehead atoms. The highest BCUT2D eigenvalue weighted by Crippen LogP contribution is 2.37. The first-order valence-electron chi connectivity index (χ1n) is 10.5. The SMILES string of the molecule is O=C(C1CC1)N(CC(=O)N1CCc2sccc2[C@@H]1COc1ccccc1)C1CC1. The van der Waals surface area contributed by atoms with Crippen molar-refractivity contribution in [2.45, 2.75) is 44.2 Å². The van der Waals surface area contributed by atoms with Crippen LogP contribution in [0.5, 0.6) is 5.75 Å². The van der Waals surface area contributed by atoms with Gasteiger partial charge in [-0.1, -0.05) is 18.2 Å². The molecule has 5 nitrogen and oxygen atoms in total. The van der Waals surface area contributed by atoms with Gasteiger partial charge >= 0.3 is 0 Å². The summed E-state index contributed by atoms with van der Waals surface area (Å²) in [7, 11) is 0. The molecule has 0 saturated heterocycles. The van der Waals surface area contributed by atoms with E-state index in [0.29, 0.717) is 13.2 Å². The summed E-state index contributed by atoms with van der Waals surface area (Å²) in [4.78, 5) is 31.1. The Bertz CT molecular complexity index is 889. The van der Waals surface area contributed by atoms with Crippen LogP contribution in [0, 0.1) is 5.92 Å². The van der Waals surface area contributed by atoms with Crippen LogP contribution in [0.3, 0.4) is 0 Å². The maximum absolute atomic E-state index is 13.3. The Morgan fingerprint density at radius 2 is 1.90 bits per heavy atom. The van der Waals surface area contributed by atoms with Crippen LogP contribution in [0.1, 0.15) is 42.2 Å². The number of thiophene rings is 1. The number of para-hydroxylation sites is 1. The van der Waals surface area contributed by atoms with Crippen molar-refractivity contribution in [2.75, 3.05) is 19.7 Å². The first-order valence-corrected chi connectivity index (χ1v) is 11.4. The second-order valence-electron chi connectivity index (χ2n) is 8.25. The van der Waals surface area contributed by atoms with Crippen LogP contribution in [0.2, 0.25) is 0 Å². The zero-order valence-electron chi connectivity index (χ0n) is 16.5. The van der Waals surface area contributed by atoms with Gasteiger partial charge in [0.15, 0.2) is 0 Å². The van der Waals surface area contributed by atoms with Crippen molar-refractivity contribution >= 4 is 23.2 Å². The van der Waals surface area contributed by atoms with E-state index in [1.807, 2.05) is 40.1 Å². The number of amides is 2. The van der Waals surface area contributed by atoms with Crippen LogP contribution >= 0.6 is 11.3 Å². The lowest BCUT2D eigenvalue weighted by Crippen LogP contribution is -2.48. The third-order valence-electron chi connectivity index (χ3n) is 6.07. The molecule has 2 aromatic rings. The number of rotatable bonds is 7. The molecule has 0 spiro atoms. The Balaban J connectivity index is 1.32. The van der Waals surface area contributed by atoms with E-state index < -0.39 is 0 Å². The molecule has 2 fully saturated rings. The van der Waals surface area contributed by atoms with E-state index in [4.69, 9.17) is 4.74 Å². The van der Waals surface area contributed by atoms with Crippen LogP contribution in [0.15, 0.2) is 41.8 Å². The van der Waals surface area contributed by atoms with Gasteiger partial charge in [-0.3, -0.25) is 9.59 Å². The zero-order chi connectivity index (χ0) is 19.8. The van der Waals surface area contributed by atoms with E-state index in [2.05, 4.69) is 11.4 Å². The number of nitrogens with zero attached hydrogens (tertiary/aromatic N) is 2. The summed E-state index contributed by atoms with van der Waals surface area (Å²) in [6.45, 7) is 1.33.